The lowest BCUT2D eigenvalue weighted by atomic mass is 10.0. The Balaban J connectivity index is 1.77. The molecule has 0 bridgehead atoms. The van der Waals surface area contributed by atoms with Crippen molar-refractivity contribution < 1.29 is 38.4 Å². The molecule has 1 N–H and O–H groups in total. The molecule has 12 heteroatoms. The summed E-state index contributed by atoms with van der Waals surface area (Å²) >= 11 is 1.13. The van der Waals surface area contributed by atoms with Gasteiger partial charge in [0.1, 0.15) is 28.3 Å². The van der Waals surface area contributed by atoms with Gasteiger partial charge >= 0.3 is 12.1 Å². The first-order chi connectivity index (χ1) is 19.9. The molecule has 0 saturated heterocycles. The summed E-state index contributed by atoms with van der Waals surface area (Å²) in [5.74, 6) is 0.350. The molecule has 0 aliphatic carbocycles. The number of nitrogens with zero attached hydrogens (tertiary/aromatic N) is 3. The Morgan fingerprint density at radius 2 is 1.73 bits per heavy atom. The summed E-state index contributed by atoms with van der Waals surface area (Å²) in [6, 6.07) is 16.4. The SMILES string of the molecule is CCOC(=O)Oc1c(-c2ccc(OC)cc2OCC(=O)O)c2cc(OCC)ccc2n1Cc1ccc2nsnc2c1. The van der Waals surface area contributed by atoms with Crippen molar-refractivity contribution in [1.29, 1.82) is 0 Å². The lowest BCUT2D eigenvalue weighted by Gasteiger charge is -2.15. The predicted octanol–water partition coefficient (Wildman–Crippen LogP) is 5.77. The maximum absolute atomic E-state index is 12.8. The number of benzene rings is 3. The normalized spacial score (nSPS) is 11.0. The van der Waals surface area contributed by atoms with Crippen molar-refractivity contribution in [3.8, 4) is 34.3 Å². The van der Waals surface area contributed by atoms with Crippen LogP contribution in [0.15, 0.2) is 54.6 Å². The van der Waals surface area contributed by atoms with Crippen molar-refractivity contribution in [2.24, 2.45) is 0 Å². The van der Waals surface area contributed by atoms with E-state index in [1.807, 2.05) is 47.9 Å². The topological polar surface area (TPSA) is 131 Å². The zero-order valence-corrected chi connectivity index (χ0v) is 23.4. The lowest BCUT2D eigenvalue weighted by Crippen LogP contribution is -2.14. The number of hydrogen-bond acceptors (Lipinski definition) is 10. The monoisotopic (exact) mass is 577 g/mol. The zero-order valence-electron chi connectivity index (χ0n) is 22.6. The van der Waals surface area contributed by atoms with Crippen LogP contribution in [0.3, 0.4) is 0 Å². The van der Waals surface area contributed by atoms with Crippen molar-refractivity contribution in [3.05, 3.63) is 60.2 Å². The lowest BCUT2D eigenvalue weighted by molar-refractivity contribution is -0.139. The highest BCUT2D eigenvalue weighted by molar-refractivity contribution is 7.00. The van der Waals surface area contributed by atoms with Gasteiger partial charge in [-0.15, -0.1) is 0 Å². The minimum atomic E-state index is -1.14. The van der Waals surface area contributed by atoms with Gasteiger partial charge in [0, 0.05) is 17.0 Å². The molecule has 0 unspecified atom stereocenters. The van der Waals surface area contributed by atoms with Crippen molar-refractivity contribution in [1.82, 2.24) is 13.3 Å². The molecule has 5 aromatic rings. The molecule has 0 amide bonds. The summed E-state index contributed by atoms with van der Waals surface area (Å²) < 4.78 is 38.3. The van der Waals surface area contributed by atoms with Crippen molar-refractivity contribution in [3.63, 3.8) is 0 Å². The van der Waals surface area contributed by atoms with Crippen LogP contribution in [0.25, 0.3) is 33.1 Å². The highest BCUT2D eigenvalue weighted by Gasteiger charge is 2.26. The number of ether oxygens (including phenoxy) is 5. The molecule has 2 aromatic heterocycles. The van der Waals surface area contributed by atoms with Gasteiger partial charge in [-0.2, -0.15) is 8.75 Å². The van der Waals surface area contributed by atoms with Gasteiger partial charge < -0.3 is 33.4 Å². The number of carboxylic acid groups (broad SMARTS) is 1. The number of rotatable bonds is 11. The first-order valence-electron chi connectivity index (χ1n) is 12.8. The molecule has 3 aromatic carbocycles. The summed E-state index contributed by atoms with van der Waals surface area (Å²) in [7, 11) is 1.50. The number of hydrogen-bond donors (Lipinski definition) is 1. The van der Waals surface area contributed by atoms with Gasteiger partial charge in [-0.3, -0.25) is 0 Å². The highest BCUT2D eigenvalue weighted by atomic mass is 32.1. The molecule has 11 nitrogen and oxygen atoms in total. The third-order valence-corrected chi connectivity index (χ3v) is 6.77. The highest BCUT2D eigenvalue weighted by Crippen LogP contribution is 2.46. The van der Waals surface area contributed by atoms with E-state index in [9.17, 15) is 14.7 Å². The van der Waals surface area contributed by atoms with Gasteiger partial charge in [0.2, 0.25) is 5.88 Å². The van der Waals surface area contributed by atoms with Gasteiger partial charge in [-0.1, -0.05) is 6.07 Å². The van der Waals surface area contributed by atoms with E-state index >= 15 is 0 Å². The van der Waals surface area contributed by atoms with Gasteiger partial charge in [0.15, 0.2) is 6.61 Å². The molecule has 212 valence electrons. The van der Waals surface area contributed by atoms with Crippen LogP contribution in [-0.4, -0.2) is 57.5 Å². The summed E-state index contributed by atoms with van der Waals surface area (Å²) in [6.07, 6.45) is -0.886. The second kappa shape index (κ2) is 12.1. The second-order valence-corrected chi connectivity index (χ2v) is 9.32. The minimum absolute atomic E-state index is 0.117. The molecule has 0 radical (unpaired) electrons. The van der Waals surface area contributed by atoms with Gasteiger partial charge in [-0.25, -0.2) is 9.59 Å². The maximum Gasteiger partial charge on any atom is 0.515 e. The first-order valence-corrected chi connectivity index (χ1v) is 13.5. The van der Waals surface area contributed by atoms with Gasteiger partial charge in [-0.05, 0) is 61.9 Å². The third-order valence-electron chi connectivity index (χ3n) is 6.21. The quantitative estimate of drug-likeness (QED) is 0.193. The Morgan fingerprint density at radius 3 is 2.49 bits per heavy atom. The Hall–Kier alpha value is -4.84. The molecule has 41 heavy (non-hydrogen) atoms. The number of aromatic nitrogens is 3. The van der Waals surface area contributed by atoms with Crippen molar-refractivity contribution >= 4 is 45.8 Å². The van der Waals surface area contributed by atoms with Crippen molar-refractivity contribution in [2.45, 2.75) is 20.4 Å². The van der Waals surface area contributed by atoms with Gasteiger partial charge in [0.05, 0.1) is 49.7 Å². The predicted molar refractivity (Wildman–Crippen MR) is 152 cm³/mol. The summed E-state index contributed by atoms with van der Waals surface area (Å²) in [5.41, 5.74) is 4.17. The van der Waals surface area contributed by atoms with Gasteiger partial charge in [0.25, 0.3) is 0 Å². The molecule has 0 fully saturated rings. The molecule has 0 aliphatic heterocycles. The average Bonchev–Trinajstić information content (AvgIpc) is 3.54. The smallest absolute Gasteiger partial charge is 0.497 e. The largest absolute Gasteiger partial charge is 0.515 e. The third kappa shape index (κ3) is 5.87. The number of carbonyl (C=O) groups excluding carboxylic acids is 1. The number of fused-ring (bicyclic) bond motifs is 2. The van der Waals surface area contributed by atoms with E-state index in [0.29, 0.717) is 41.2 Å². The standard InChI is InChI=1S/C29H27N3O8S/c1-4-37-19-8-11-24-21(13-19)27(20-9-7-18(36-3)14-25(20)39-16-26(33)34)28(40-29(35)38-5-2)32(24)15-17-6-10-22-23(12-17)31-41-30-22/h6-14H,4-5,15-16H2,1-3H3,(H,33,34). The Morgan fingerprint density at radius 1 is 0.927 bits per heavy atom. The fourth-order valence-corrected chi connectivity index (χ4v) is 5.04. The molecule has 2 heterocycles. The van der Waals surface area contributed by atoms with Crippen LogP contribution in [0.4, 0.5) is 4.79 Å². The minimum Gasteiger partial charge on any atom is -0.497 e. The number of aliphatic carboxylic acids is 1. The van der Waals surface area contributed by atoms with Crippen LogP contribution in [-0.2, 0) is 16.1 Å². The summed E-state index contributed by atoms with van der Waals surface area (Å²) in [5, 5.41) is 10.0. The summed E-state index contributed by atoms with van der Waals surface area (Å²) in [4.78, 5) is 24.2. The molecule has 0 atom stereocenters. The molecular formula is C29H27N3O8S. The van der Waals surface area contributed by atoms with E-state index in [1.54, 1.807) is 25.1 Å². The van der Waals surface area contributed by atoms with E-state index in [2.05, 4.69) is 8.75 Å². The Labute approximate surface area is 239 Å². The first kappa shape index (κ1) is 27.7. The van der Waals surface area contributed by atoms with E-state index in [-0.39, 0.29) is 18.2 Å². The molecule has 5 rings (SSSR count). The van der Waals surface area contributed by atoms with Crippen LogP contribution >= 0.6 is 11.7 Å². The Kier molecular flexibility index (Phi) is 8.20. The van der Waals surface area contributed by atoms with Crippen LogP contribution in [0.1, 0.15) is 19.4 Å². The molecule has 0 saturated carbocycles. The molecule has 0 aliphatic rings. The number of carbonyl (C=O) groups is 2. The van der Waals surface area contributed by atoms with Crippen molar-refractivity contribution in [2.75, 3.05) is 26.9 Å². The van der Waals surface area contributed by atoms with Crippen LogP contribution in [0.5, 0.6) is 23.1 Å². The molecule has 0 spiro atoms. The van der Waals surface area contributed by atoms with E-state index < -0.39 is 18.7 Å². The Bertz CT molecular complexity index is 1730. The number of methoxy groups -OCH3 is 1. The maximum atomic E-state index is 12.8. The zero-order chi connectivity index (χ0) is 28.9. The molecular weight excluding hydrogens is 550 g/mol. The van der Waals surface area contributed by atoms with Crippen LogP contribution in [0.2, 0.25) is 0 Å². The van der Waals surface area contributed by atoms with E-state index in [4.69, 9.17) is 23.7 Å². The fraction of sp³-hybridized carbons (Fsp3) is 0.241. The fourth-order valence-electron chi connectivity index (χ4n) is 4.52. The number of carboxylic acids is 1. The van der Waals surface area contributed by atoms with E-state index in [0.717, 1.165) is 33.8 Å². The second-order valence-electron chi connectivity index (χ2n) is 8.80. The van der Waals surface area contributed by atoms with E-state index in [1.165, 1.54) is 7.11 Å². The average molecular weight is 578 g/mol. The van der Waals surface area contributed by atoms with Crippen LogP contribution < -0.4 is 18.9 Å². The summed E-state index contributed by atoms with van der Waals surface area (Å²) in [6.45, 7) is 3.87. The van der Waals surface area contributed by atoms with Crippen LogP contribution in [0, 0.1) is 0 Å².